The highest BCUT2D eigenvalue weighted by atomic mass is 19.4. The molecular weight excluding hydrogens is 369 g/mol. The molecule has 4 rings (SSSR count). The molecule has 28 heavy (non-hydrogen) atoms. The van der Waals surface area contributed by atoms with Gasteiger partial charge in [0, 0.05) is 17.6 Å². The molecule has 2 aromatic heterocycles. The number of alkyl halides is 3. The summed E-state index contributed by atoms with van der Waals surface area (Å²) in [4.78, 5) is 17.1. The van der Waals surface area contributed by atoms with E-state index in [4.69, 9.17) is 0 Å². The fourth-order valence-corrected chi connectivity index (χ4v) is 3.58. The van der Waals surface area contributed by atoms with Gasteiger partial charge in [-0.25, -0.2) is 9.50 Å². The van der Waals surface area contributed by atoms with Gasteiger partial charge in [0.2, 0.25) is 0 Å². The Morgan fingerprint density at radius 3 is 2.64 bits per heavy atom. The lowest BCUT2D eigenvalue weighted by atomic mass is 9.98. The molecule has 8 heteroatoms. The first kappa shape index (κ1) is 18.5. The van der Waals surface area contributed by atoms with Crippen LogP contribution in [0.3, 0.4) is 0 Å². The number of nitrogens with zero attached hydrogens (tertiary/aromatic N) is 3. The quantitative estimate of drug-likeness (QED) is 0.695. The fraction of sp³-hybridized carbons (Fsp3) is 0.350. The average Bonchev–Trinajstić information content (AvgIpc) is 3.05. The van der Waals surface area contributed by atoms with Gasteiger partial charge in [-0.2, -0.15) is 18.3 Å². The highest BCUT2D eigenvalue weighted by Crippen LogP contribution is 2.31. The number of hydrogen-bond acceptors (Lipinski definition) is 3. The fourth-order valence-electron chi connectivity index (χ4n) is 3.58. The van der Waals surface area contributed by atoms with Gasteiger partial charge in [0.05, 0.1) is 11.8 Å². The number of fused-ring (bicyclic) bond motifs is 3. The second-order valence-electron chi connectivity index (χ2n) is 6.97. The summed E-state index contributed by atoms with van der Waals surface area (Å²) >= 11 is 0. The number of amides is 1. The van der Waals surface area contributed by atoms with Crippen LogP contribution in [-0.2, 0) is 19.0 Å². The number of hydrogen-bond donors (Lipinski definition) is 1. The van der Waals surface area contributed by atoms with Crippen molar-refractivity contribution in [3.63, 3.8) is 0 Å². The van der Waals surface area contributed by atoms with Crippen molar-refractivity contribution in [1.82, 2.24) is 14.6 Å². The molecule has 3 aromatic rings. The van der Waals surface area contributed by atoms with Gasteiger partial charge < -0.3 is 5.32 Å². The zero-order chi connectivity index (χ0) is 19.7. The van der Waals surface area contributed by atoms with Gasteiger partial charge in [0.1, 0.15) is 5.56 Å². The molecule has 1 aliphatic carbocycles. The predicted molar refractivity (Wildman–Crippen MR) is 98.3 cm³/mol. The molecule has 2 heterocycles. The van der Waals surface area contributed by atoms with Gasteiger partial charge in [-0.3, -0.25) is 4.79 Å². The van der Waals surface area contributed by atoms with E-state index in [1.165, 1.54) is 24.8 Å². The van der Waals surface area contributed by atoms with Gasteiger partial charge in [-0.1, -0.05) is 18.9 Å². The van der Waals surface area contributed by atoms with Crippen LogP contribution >= 0.6 is 0 Å². The van der Waals surface area contributed by atoms with Crippen LogP contribution in [0, 0.1) is 0 Å². The Bertz CT molecular complexity index is 1030. The van der Waals surface area contributed by atoms with Crippen molar-refractivity contribution in [3.05, 3.63) is 59.0 Å². The van der Waals surface area contributed by atoms with E-state index in [0.29, 0.717) is 5.65 Å². The van der Waals surface area contributed by atoms with E-state index < -0.39 is 17.6 Å². The highest BCUT2D eigenvalue weighted by molar-refractivity contribution is 6.08. The van der Waals surface area contributed by atoms with Crippen molar-refractivity contribution in [2.24, 2.45) is 0 Å². The summed E-state index contributed by atoms with van der Waals surface area (Å²) in [5.74, 6) is -0.535. The molecule has 0 saturated heterocycles. The molecule has 0 fully saturated rings. The van der Waals surface area contributed by atoms with E-state index in [1.54, 1.807) is 10.7 Å². The maximum atomic E-state index is 12.9. The molecule has 1 aliphatic rings. The summed E-state index contributed by atoms with van der Waals surface area (Å²) < 4.78 is 40.3. The molecule has 1 N–H and O–H groups in total. The lowest BCUT2D eigenvalue weighted by Crippen LogP contribution is -2.14. The third-order valence-corrected chi connectivity index (χ3v) is 5.01. The topological polar surface area (TPSA) is 59.3 Å². The minimum Gasteiger partial charge on any atom is -0.322 e. The smallest absolute Gasteiger partial charge is 0.322 e. The summed E-state index contributed by atoms with van der Waals surface area (Å²) in [6.45, 7) is 0. The van der Waals surface area contributed by atoms with Crippen molar-refractivity contribution in [2.75, 3.05) is 5.32 Å². The van der Waals surface area contributed by atoms with Gasteiger partial charge in [0.25, 0.3) is 5.91 Å². The Balaban J connectivity index is 1.64. The van der Waals surface area contributed by atoms with Gasteiger partial charge in [-0.15, -0.1) is 0 Å². The second-order valence-corrected chi connectivity index (χ2v) is 6.97. The van der Waals surface area contributed by atoms with Crippen LogP contribution in [0.4, 0.5) is 18.9 Å². The number of rotatable bonds is 2. The molecule has 0 radical (unpaired) electrons. The van der Waals surface area contributed by atoms with Crippen molar-refractivity contribution in [3.8, 4) is 0 Å². The lowest BCUT2D eigenvalue weighted by Gasteiger charge is -2.14. The van der Waals surface area contributed by atoms with Crippen LogP contribution in [0.1, 0.15) is 52.9 Å². The van der Waals surface area contributed by atoms with Crippen LogP contribution in [-0.4, -0.2) is 20.5 Å². The number of anilines is 1. The molecular formula is C20H19F3N4O. The third-order valence-electron chi connectivity index (χ3n) is 5.01. The molecule has 5 nitrogen and oxygen atoms in total. The van der Waals surface area contributed by atoms with Crippen LogP contribution < -0.4 is 5.32 Å². The van der Waals surface area contributed by atoms with E-state index in [1.807, 2.05) is 0 Å². The minimum atomic E-state index is -4.47. The largest absolute Gasteiger partial charge is 0.416 e. The normalized spacial score (nSPS) is 15.0. The first-order chi connectivity index (χ1) is 13.4. The number of carbonyl (C=O) groups is 1. The third kappa shape index (κ3) is 3.58. The molecule has 0 aliphatic heterocycles. The van der Waals surface area contributed by atoms with Gasteiger partial charge >= 0.3 is 6.18 Å². The Morgan fingerprint density at radius 1 is 1.07 bits per heavy atom. The second kappa shape index (κ2) is 7.26. The first-order valence-electron chi connectivity index (χ1n) is 9.26. The molecule has 146 valence electrons. The van der Waals surface area contributed by atoms with E-state index in [2.05, 4.69) is 15.4 Å². The van der Waals surface area contributed by atoms with Crippen molar-refractivity contribution >= 4 is 17.2 Å². The number of benzene rings is 1. The van der Waals surface area contributed by atoms with E-state index in [-0.39, 0.29) is 11.3 Å². The van der Waals surface area contributed by atoms with Crippen LogP contribution in [0.2, 0.25) is 0 Å². The zero-order valence-electron chi connectivity index (χ0n) is 15.1. The first-order valence-corrected chi connectivity index (χ1v) is 9.26. The van der Waals surface area contributed by atoms with Crippen LogP contribution in [0.5, 0.6) is 0 Å². The molecule has 0 saturated carbocycles. The summed E-state index contributed by atoms with van der Waals surface area (Å²) in [6.07, 6.45) is 5.05. The van der Waals surface area contributed by atoms with E-state index >= 15 is 0 Å². The molecule has 0 bridgehead atoms. The summed E-state index contributed by atoms with van der Waals surface area (Å²) in [5.41, 5.74) is 2.11. The lowest BCUT2D eigenvalue weighted by molar-refractivity contribution is -0.137. The average molecular weight is 388 g/mol. The number of carbonyl (C=O) groups excluding carboxylic acids is 1. The summed E-state index contributed by atoms with van der Waals surface area (Å²) in [7, 11) is 0. The minimum absolute atomic E-state index is 0.0745. The summed E-state index contributed by atoms with van der Waals surface area (Å²) in [6, 6.07) is 4.55. The SMILES string of the molecule is O=C(Nc1cccc(C(F)(F)F)c1)c1cnn2c3c(cnc12)CCCCCC3. The maximum absolute atomic E-state index is 12.9. The number of halogens is 3. The monoisotopic (exact) mass is 388 g/mol. The zero-order valence-corrected chi connectivity index (χ0v) is 15.1. The number of nitrogens with one attached hydrogen (secondary N) is 1. The van der Waals surface area contributed by atoms with E-state index in [0.717, 1.165) is 55.5 Å². The summed E-state index contributed by atoms with van der Waals surface area (Å²) in [5, 5.41) is 6.86. The number of aromatic nitrogens is 3. The van der Waals surface area contributed by atoms with Crippen molar-refractivity contribution in [2.45, 2.75) is 44.7 Å². The van der Waals surface area contributed by atoms with Crippen molar-refractivity contribution < 1.29 is 18.0 Å². The highest BCUT2D eigenvalue weighted by Gasteiger charge is 2.30. The molecule has 0 unspecified atom stereocenters. The molecule has 1 aromatic carbocycles. The Kier molecular flexibility index (Phi) is 4.78. The van der Waals surface area contributed by atoms with Crippen molar-refractivity contribution in [1.29, 1.82) is 0 Å². The predicted octanol–water partition coefficient (Wildman–Crippen LogP) is 4.66. The standard InChI is InChI=1S/C20H19F3N4O/c21-20(22,23)14-7-5-8-15(10-14)26-19(28)16-12-25-27-17-9-4-2-1-3-6-13(17)11-24-18(16)27/h5,7-8,10-12H,1-4,6,9H2,(H,26,28). The Hall–Kier alpha value is -2.90. The Morgan fingerprint density at radius 2 is 1.86 bits per heavy atom. The molecule has 1 amide bonds. The van der Waals surface area contributed by atoms with Gasteiger partial charge in [-0.05, 0) is 49.4 Å². The maximum Gasteiger partial charge on any atom is 0.416 e. The molecule has 0 spiro atoms. The number of aryl methyl sites for hydroxylation is 2. The Labute approximate surface area is 159 Å². The van der Waals surface area contributed by atoms with Crippen LogP contribution in [0.15, 0.2) is 36.7 Å². The van der Waals surface area contributed by atoms with E-state index in [9.17, 15) is 18.0 Å². The van der Waals surface area contributed by atoms with Gasteiger partial charge in [0.15, 0.2) is 5.65 Å². The molecule has 0 atom stereocenters. The van der Waals surface area contributed by atoms with Crippen LogP contribution in [0.25, 0.3) is 5.65 Å².